The molecule has 0 aliphatic rings. The standard InChI is InChI=1S/C7H9NO2/c1-2-10-8-5-3-4-7(9)6-8/h3-6H,2H2,1H3/p+1. The van der Waals surface area contributed by atoms with Gasteiger partial charge >= 0.3 is 0 Å². The smallest absolute Gasteiger partial charge is 0.263 e. The third kappa shape index (κ3) is 1.62. The molecular weight excluding hydrogens is 130 g/mol. The van der Waals surface area contributed by atoms with Gasteiger partial charge in [-0.3, -0.25) is 4.84 Å². The van der Waals surface area contributed by atoms with Crippen LogP contribution in [0.5, 0.6) is 5.75 Å². The summed E-state index contributed by atoms with van der Waals surface area (Å²) in [5.41, 5.74) is 0. The van der Waals surface area contributed by atoms with Crippen LogP contribution in [-0.2, 0) is 0 Å². The average Bonchev–Trinajstić information content (AvgIpc) is 1.88. The molecule has 1 rings (SSSR count). The van der Waals surface area contributed by atoms with Crippen molar-refractivity contribution < 1.29 is 14.7 Å². The van der Waals surface area contributed by atoms with Gasteiger partial charge < -0.3 is 5.11 Å². The molecule has 0 aromatic carbocycles. The summed E-state index contributed by atoms with van der Waals surface area (Å²) in [6, 6.07) is 3.31. The summed E-state index contributed by atoms with van der Waals surface area (Å²) in [7, 11) is 0. The fourth-order valence-electron chi connectivity index (χ4n) is 0.672. The first-order chi connectivity index (χ1) is 4.83. The third-order valence-corrected chi connectivity index (χ3v) is 1.04. The summed E-state index contributed by atoms with van der Waals surface area (Å²) in [5, 5.41) is 8.94. The first-order valence-corrected chi connectivity index (χ1v) is 3.16. The minimum absolute atomic E-state index is 0.205. The van der Waals surface area contributed by atoms with Crippen molar-refractivity contribution in [1.82, 2.24) is 0 Å². The van der Waals surface area contributed by atoms with Crippen molar-refractivity contribution in [3.63, 3.8) is 0 Å². The second-order valence-electron chi connectivity index (χ2n) is 1.84. The zero-order valence-corrected chi connectivity index (χ0v) is 5.82. The Labute approximate surface area is 59.5 Å². The van der Waals surface area contributed by atoms with Crippen molar-refractivity contribution in [2.45, 2.75) is 6.92 Å². The van der Waals surface area contributed by atoms with Crippen molar-refractivity contribution in [1.29, 1.82) is 0 Å². The van der Waals surface area contributed by atoms with Crippen LogP contribution >= 0.6 is 0 Å². The van der Waals surface area contributed by atoms with Crippen LogP contribution in [0, 0.1) is 0 Å². The molecule has 1 heterocycles. The molecule has 10 heavy (non-hydrogen) atoms. The van der Waals surface area contributed by atoms with Gasteiger partial charge in [-0.2, -0.15) is 0 Å². The zero-order valence-electron chi connectivity index (χ0n) is 5.82. The molecule has 0 radical (unpaired) electrons. The van der Waals surface area contributed by atoms with Gasteiger partial charge in [0.15, 0.2) is 12.4 Å². The minimum Gasteiger partial charge on any atom is -0.503 e. The van der Waals surface area contributed by atoms with Crippen LogP contribution in [0.2, 0.25) is 0 Å². The molecular formula is C7H10NO2+. The summed E-state index contributed by atoms with van der Waals surface area (Å²) >= 11 is 0. The summed E-state index contributed by atoms with van der Waals surface area (Å²) in [6.45, 7) is 2.48. The van der Waals surface area contributed by atoms with Crippen molar-refractivity contribution in [2.75, 3.05) is 6.61 Å². The maximum atomic E-state index is 8.94. The predicted octanol–water partition coefficient (Wildman–Crippen LogP) is 0.128. The highest BCUT2D eigenvalue weighted by Crippen LogP contribution is 1.98. The zero-order chi connectivity index (χ0) is 7.40. The number of pyridine rings is 1. The Hall–Kier alpha value is -1.25. The third-order valence-electron chi connectivity index (χ3n) is 1.04. The Bertz CT molecular complexity index is 213. The molecule has 1 aromatic heterocycles. The van der Waals surface area contributed by atoms with E-state index in [0.717, 1.165) is 0 Å². The Morgan fingerprint density at radius 3 is 3.10 bits per heavy atom. The molecule has 54 valence electrons. The summed E-state index contributed by atoms with van der Waals surface area (Å²) in [5.74, 6) is 0.205. The molecule has 0 aliphatic heterocycles. The monoisotopic (exact) mass is 140 g/mol. The summed E-state index contributed by atoms with van der Waals surface area (Å²) in [6.07, 6.45) is 3.23. The number of aromatic hydroxyl groups is 1. The number of hydrogen-bond donors (Lipinski definition) is 1. The van der Waals surface area contributed by atoms with Crippen LogP contribution in [0.15, 0.2) is 24.5 Å². The molecule has 0 aliphatic carbocycles. The number of aromatic nitrogens is 1. The highest BCUT2D eigenvalue weighted by atomic mass is 16.7. The Morgan fingerprint density at radius 1 is 1.70 bits per heavy atom. The van der Waals surface area contributed by atoms with E-state index in [4.69, 9.17) is 9.94 Å². The first-order valence-electron chi connectivity index (χ1n) is 3.16. The second-order valence-corrected chi connectivity index (χ2v) is 1.84. The molecule has 3 heteroatoms. The van der Waals surface area contributed by atoms with Gasteiger partial charge in [0.1, 0.15) is 0 Å². The Balaban J connectivity index is 2.75. The van der Waals surface area contributed by atoms with Crippen LogP contribution in [-0.4, -0.2) is 11.7 Å². The number of nitrogens with zero attached hydrogens (tertiary/aromatic N) is 1. The van der Waals surface area contributed by atoms with E-state index < -0.39 is 0 Å². The van der Waals surface area contributed by atoms with Crippen LogP contribution in [0.1, 0.15) is 6.92 Å². The van der Waals surface area contributed by atoms with Gasteiger partial charge in [0.25, 0.3) is 6.20 Å². The van der Waals surface area contributed by atoms with Gasteiger partial charge in [-0.15, -0.1) is 0 Å². The highest BCUT2D eigenvalue weighted by Gasteiger charge is 1.98. The maximum absolute atomic E-state index is 8.94. The van der Waals surface area contributed by atoms with Crippen molar-refractivity contribution in [3.05, 3.63) is 24.5 Å². The largest absolute Gasteiger partial charge is 0.503 e. The lowest BCUT2D eigenvalue weighted by Gasteiger charge is -1.92. The second kappa shape index (κ2) is 3.06. The molecule has 0 bridgehead atoms. The molecule has 3 nitrogen and oxygen atoms in total. The molecule has 1 aromatic rings. The van der Waals surface area contributed by atoms with Gasteiger partial charge in [-0.1, -0.05) is 0 Å². The number of rotatable bonds is 2. The van der Waals surface area contributed by atoms with Crippen molar-refractivity contribution in [3.8, 4) is 5.75 Å². The fraction of sp³-hybridized carbons (Fsp3) is 0.286. The molecule has 0 saturated carbocycles. The molecule has 0 amide bonds. The van der Waals surface area contributed by atoms with Gasteiger partial charge in [0, 0.05) is 10.8 Å². The van der Waals surface area contributed by atoms with Gasteiger partial charge in [-0.25, -0.2) is 0 Å². The van der Waals surface area contributed by atoms with Gasteiger partial charge in [-0.05, 0) is 13.0 Å². The number of hydrogen-bond acceptors (Lipinski definition) is 2. The molecule has 0 saturated heterocycles. The Morgan fingerprint density at radius 2 is 2.50 bits per heavy atom. The van der Waals surface area contributed by atoms with Crippen LogP contribution in [0.3, 0.4) is 0 Å². The molecule has 0 spiro atoms. The molecule has 0 unspecified atom stereocenters. The van der Waals surface area contributed by atoms with Gasteiger partial charge in [0.05, 0.1) is 0 Å². The molecule has 1 N–H and O–H groups in total. The van der Waals surface area contributed by atoms with E-state index >= 15 is 0 Å². The van der Waals surface area contributed by atoms with Crippen LogP contribution in [0.4, 0.5) is 0 Å². The van der Waals surface area contributed by atoms with E-state index in [1.54, 1.807) is 18.3 Å². The SMILES string of the molecule is CCO[n+]1cccc(O)c1. The molecule has 0 atom stereocenters. The van der Waals surface area contributed by atoms with E-state index in [0.29, 0.717) is 6.61 Å². The van der Waals surface area contributed by atoms with E-state index in [-0.39, 0.29) is 5.75 Å². The van der Waals surface area contributed by atoms with E-state index in [1.165, 1.54) is 10.9 Å². The van der Waals surface area contributed by atoms with E-state index in [1.807, 2.05) is 6.92 Å². The normalized spacial score (nSPS) is 9.30. The van der Waals surface area contributed by atoms with E-state index in [2.05, 4.69) is 0 Å². The van der Waals surface area contributed by atoms with Crippen LogP contribution in [0.25, 0.3) is 0 Å². The van der Waals surface area contributed by atoms with Crippen molar-refractivity contribution in [2.24, 2.45) is 0 Å². The lowest BCUT2D eigenvalue weighted by atomic mass is 10.5. The average molecular weight is 140 g/mol. The quantitative estimate of drug-likeness (QED) is 0.592. The lowest BCUT2D eigenvalue weighted by molar-refractivity contribution is -0.891. The van der Waals surface area contributed by atoms with E-state index in [9.17, 15) is 0 Å². The molecule has 0 fully saturated rings. The fourth-order valence-corrected chi connectivity index (χ4v) is 0.672. The lowest BCUT2D eigenvalue weighted by Crippen LogP contribution is -2.41. The first kappa shape index (κ1) is 6.86. The minimum atomic E-state index is 0.205. The van der Waals surface area contributed by atoms with Gasteiger partial charge in [0.2, 0.25) is 6.20 Å². The highest BCUT2D eigenvalue weighted by molar-refractivity contribution is 5.09. The topological polar surface area (TPSA) is 33.3 Å². The maximum Gasteiger partial charge on any atom is 0.263 e. The van der Waals surface area contributed by atoms with Crippen molar-refractivity contribution >= 4 is 0 Å². The van der Waals surface area contributed by atoms with Crippen LogP contribution < -0.4 is 9.57 Å². The predicted molar refractivity (Wildman–Crippen MR) is 35.4 cm³/mol. The summed E-state index contributed by atoms with van der Waals surface area (Å²) in [4.78, 5) is 5.04. The Kier molecular flexibility index (Phi) is 2.10. The summed E-state index contributed by atoms with van der Waals surface area (Å²) < 4.78 is 1.47.